The van der Waals surface area contributed by atoms with Crippen molar-refractivity contribution in [2.45, 2.75) is 12.0 Å². The standard InChI is InChI=1S/C25H24N4O6/c1-28-22(23(30)29-10-11-34-21(13-29)24(31)32)20(12-26-28)27-25(33)35-14-19-17-8-4-2-6-15(17)16-7-3-5-9-18(16)19/h2-9,12,19,21H,10-11,13-14H2,1H3,(H,27,33)(H,31,32). The third-order valence-corrected chi connectivity index (χ3v) is 6.35. The summed E-state index contributed by atoms with van der Waals surface area (Å²) in [6, 6.07) is 16.1. The van der Waals surface area contributed by atoms with E-state index in [1.807, 2.05) is 36.4 Å². The van der Waals surface area contributed by atoms with Crippen molar-refractivity contribution in [3.05, 3.63) is 71.5 Å². The highest BCUT2D eigenvalue weighted by Crippen LogP contribution is 2.44. The Bertz CT molecular complexity index is 1260. The number of rotatable bonds is 5. The summed E-state index contributed by atoms with van der Waals surface area (Å²) in [5.74, 6) is -1.68. The van der Waals surface area contributed by atoms with Crippen LogP contribution in [0.1, 0.15) is 27.5 Å². The van der Waals surface area contributed by atoms with Gasteiger partial charge in [0.1, 0.15) is 12.3 Å². The van der Waals surface area contributed by atoms with Gasteiger partial charge < -0.3 is 19.5 Å². The Balaban J connectivity index is 1.28. The Morgan fingerprint density at radius 3 is 2.43 bits per heavy atom. The van der Waals surface area contributed by atoms with Gasteiger partial charge in [0.25, 0.3) is 5.91 Å². The first kappa shape index (κ1) is 22.6. The maximum Gasteiger partial charge on any atom is 0.411 e. The van der Waals surface area contributed by atoms with Crippen LogP contribution in [0, 0.1) is 0 Å². The average Bonchev–Trinajstić information content (AvgIpc) is 3.39. The fraction of sp³-hybridized carbons (Fsp3) is 0.280. The molecule has 2 aromatic carbocycles. The smallest absolute Gasteiger partial charge is 0.411 e. The highest BCUT2D eigenvalue weighted by molar-refractivity contribution is 6.01. The minimum atomic E-state index is -1.13. The van der Waals surface area contributed by atoms with Gasteiger partial charge in [0, 0.05) is 19.5 Å². The highest BCUT2D eigenvalue weighted by atomic mass is 16.5. The van der Waals surface area contributed by atoms with Crippen LogP contribution in [0.2, 0.25) is 0 Å². The second kappa shape index (κ2) is 9.22. The molecule has 1 aliphatic carbocycles. The lowest BCUT2D eigenvalue weighted by Crippen LogP contribution is -2.49. The molecular weight excluding hydrogens is 452 g/mol. The van der Waals surface area contributed by atoms with Crippen molar-refractivity contribution < 1.29 is 29.0 Å². The predicted molar refractivity (Wildman–Crippen MR) is 125 cm³/mol. The van der Waals surface area contributed by atoms with Crippen molar-refractivity contribution >= 4 is 23.7 Å². The van der Waals surface area contributed by atoms with Crippen LogP contribution >= 0.6 is 0 Å². The van der Waals surface area contributed by atoms with Crippen LogP contribution < -0.4 is 5.32 Å². The summed E-state index contributed by atoms with van der Waals surface area (Å²) in [7, 11) is 1.57. The number of benzene rings is 2. The molecule has 2 aliphatic rings. The van der Waals surface area contributed by atoms with E-state index >= 15 is 0 Å². The number of hydrogen-bond donors (Lipinski definition) is 2. The molecule has 35 heavy (non-hydrogen) atoms. The highest BCUT2D eigenvalue weighted by Gasteiger charge is 2.33. The van der Waals surface area contributed by atoms with E-state index in [-0.39, 0.29) is 43.6 Å². The molecule has 3 aromatic rings. The number of aryl methyl sites for hydroxylation is 1. The molecule has 1 saturated heterocycles. The van der Waals surface area contributed by atoms with Crippen LogP contribution in [-0.2, 0) is 21.3 Å². The number of amides is 2. The van der Waals surface area contributed by atoms with Gasteiger partial charge in [-0.2, -0.15) is 5.10 Å². The van der Waals surface area contributed by atoms with Gasteiger partial charge in [-0.1, -0.05) is 48.5 Å². The summed E-state index contributed by atoms with van der Waals surface area (Å²) in [6.07, 6.45) is -0.442. The van der Waals surface area contributed by atoms with Crippen molar-refractivity contribution in [2.75, 3.05) is 31.6 Å². The van der Waals surface area contributed by atoms with Crippen LogP contribution in [0.25, 0.3) is 11.1 Å². The fourth-order valence-electron chi connectivity index (χ4n) is 4.66. The Morgan fingerprint density at radius 1 is 1.11 bits per heavy atom. The number of carboxylic acid groups (broad SMARTS) is 1. The van der Waals surface area contributed by atoms with Crippen LogP contribution in [0.3, 0.4) is 0 Å². The first-order valence-electron chi connectivity index (χ1n) is 11.2. The van der Waals surface area contributed by atoms with Crippen molar-refractivity contribution in [2.24, 2.45) is 7.05 Å². The summed E-state index contributed by atoms with van der Waals surface area (Å²) >= 11 is 0. The molecule has 180 valence electrons. The second-order valence-corrected chi connectivity index (χ2v) is 8.43. The zero-order valence-electron chi connectivity index (χ0n) is 19.0. The van der Waals surface area contributed by atoms with E-state index in [9.17, 15) is 19.5 Å². The lowest BCUT2D eigenvalue weighted by molar-refractivity contribution is -0.154. The van der Waals surface area contributed by atoms with Gasteiger partial charge in [0.15, 0.2) is 6.10 Å². The minimum absolute atomic E-state index is 0.0931. The van der Waals surface area contributed by atoms with Gasteiger partial charge in [-0.15, -0.1) is 0 Å². The third kappa shape index (κ3) is 4.24. The van der Waals surface area contributed by atoms with Crippen molar-refractivity contribution in [1.29, 1.82) is 0 Å². The Kier molecular flexibility index (Phi) is 5.96. The molecular formula is C25H24N4O6. The molecule has 1 atom stereocenters. The summed E-state index contributed by atoms with van der Waals surface area (Å²) < 4.78 is 12.1. The van der Waals surface area contributed by atoms with Gasteiger partial charge in [0.2, 0.25) is 0 Å². The number of aromatic nitrogens is 2. The number of aliphatic carboxylic acids is 1. The molecule has 2 amide bonds. The first-order valence-corrected chi connectivity index (χ1v) is 11.2. The number of nitrogens with one attached hydrogen (secondary N) is 1. The lowest BCUT2D eigenvalue weighted by Gasteiger charge is -2.31. The van der Waals surface area contributed by atoms with Crippen LogP contribution in [-0.4, -0.2) is 70.2 Å². The molecule has 1 aromatic heterocycles. The van der Waals surface area contributed by atoms with Gasteiger partial charge >= 0.3 is 12.1 Å². The van der Waals surface area contributed by atoms with Crippen LogP contribution in [0.15, 0.2) is 54.7 Å². The first-order chi connectivity index (χ1) is 16.9. The minimum Gasteiger partial charge on any atom is -0.479 e. The Morgan fingerprint density at radius 2 is 1.77 bits per heavy atom. The SMILES string of the molecule is Cn1ncc(NC(=O)OCC2c3ccccc3-c3ccccc32)c1C(=O)N1CCOC(C(=O)O)C1. The zero-order valence-corrected chi connectivity index (χ0v) is 19.0. The molecule has 0 bridgehead atoms. The number of anilines is 1. The lowest BCUT2D eigenvalue weighted by atomic mass is 9.98. The van der Waals surface area contributed by atoms with Crippen LogP contribution in [0.4, 0.5) is 10.5 Å². The molecule has 0 radical (unpaired) electrons. The summed E-state index contributed by atoms with van der Waals surface area (Å²) in [4.78, 5) is 38.5. The molecule has 10 nitrogen and oxygen atoms in total. The summed E-state index contributed by atoms with van der Waals surface area (Å²) in [5.41, 5.74) is 4.76. The number of fused-ring (bicyclic) bond motifs is 3. The van der Waals surface area contributed by atoms with E-state index in [0.717, 1.165) is 22.3 Å². The second-order valence-electron chi connectivity index (χ2n) is 8.43. The molecule has 1 aliphatic heterocycles. The van der Waals surface area contributed by atoms with E-state index in [4.69, 9.17) is 9.47 Å². The van der Waals surface area contributed by atoms with Gasteiger partial charge in [-0.05, 0) is 22.3 Å². The zero-order chi connectivity index (χ0) is 24.5. The molecule has 2 heterocycles. The quantitative estimate of drug-likeness (QED) is 0.580. The number of carbonyl (C=O) groups excluding carboxylic acids is 2. The van der Waals surface area contributed by atoms with E-state index in [0.29, 0.717) is 0 Å². The number of morpholine rings is 1. The van der Waals surface area contributed by atoms with Crippen molar-refractivity contribution in [3.8, 4) is 11.1 Å². The maximum atomic E-state index is 13.1. The van der Waals surface area contributed by atoms with Crippen LogP contribution in [0.5, 0.6) is 0 Å². The summed E-state index contributed by atoms with van der Waals surface area (Å²) in [6.45, 7) is 0.380. The van der Waals surface area contributed by atoms with Gasteiger partial charge in [0.05, 0.1) is 25.0 Å². The molecule has 5 rings (SSSR count). The molecule has 1 unspecified atom stereocenters. The molecule has 1 fully saturated rings. The molecule has 10 heteroatoms. The number of carbonyl (C=O) groups is 3. The number of nitrogens with zero attached hydrogens (tertiary/aromatic N) is 3. The van der Waals surface area contributed by atoms with Crippen molar-refractivity contribution in [1.82, 2.24) is 14.7 Å². The predicted octanol–water partition coefficient (Wildman–Crippen LogP) is 2.71. The number of ether oxygens (including phenoxy) is 2. The Labute approximate surface area is 201 Å². The van der Waals surface area contributed by atoms with E-state index < -0.39 is 24.1 Å². The van der Waals surface area contributed by atoms with Gasteiger partial charge in [-0.25, -0.2) is 9.59 Å². The summed E-state index contributed by atoms with van der Waals surface area (Å²) in [5, 5.41) is 15.9. The fourth-order valence-corrected chi connectivity index (χ4v) is 4.66. The molecule has 0 saturated carbocycles. The normalized spacial score (nSPS) is 16.9. The van der Waals surface area contributed by atoms with E-state index in [1.54, 1.807) is 7.05 Å². The topological polar surface area (TPSA) is 123 Å². The van der Waals surface area contributed by atoms with E-state index in [1.165, 1.54) is 15.8 Å². The number of hydrogen-bond acceptors (Lipinski definition) is 6. The van der Waals surface area contributed by atoms with E-state index in [2.05, 4.69) is 22.5 Å². The van der Waals surface area contributed by atoms with Gasteiger partial charge in [-0.3, -0.25) is 14.8 Å². The monoisotopic (exact) mass is 476 g/mol. The average molecular weight is 476 g/mol. The Hall–Kier alpha value is -4.18. The molecule has 0 spiro atoms. The molecule has 2 N–H and O–H groups in total. The largest absolute Gasteiger partial charge is 0.479 e. The number of carboxylic acids is 1. The third-order valence-electron chi connectivity index (χ3n) is 6.35. The van der Waals surface area contributed by atoms with Crippen molar-refractivity contribution in [3.63, 3.8) is 0 Å². The maximum absolute atomic E-state index is 13.1.